The van der Waals surface area contributed by atoms with Gasteiger partial charge in [0.25, 0.3) is 0 Å². The zero-order chi connectivity index (χ0) is 10.1. The fourth-order valence-electron chi connectivity index (χ4n) is 1.75. The van der Waals surface area contributed by atoms with Gasteiger partial charge in [-0.15, -0.1) is 6.42 Å². The van der Waals surface area contributed by atoms with Crippen molar-refractivity contribution in [2.75, 3.05) is 0 Å². The van der Waals surface area contributed by atoms with Crippen molar-refractivity contribution in [1.29, 1.82) is 0 Å². The minimum Gasteiger partial charge on any atom is -0.115 e. The molecule has 14 heavy (non-hydrogen) atoms. The first-order valence-corrected chi connectivity index (χ1v) is 4.69. The summed E-state index contributed by atoms with van der Waals surface area (Å²) in [6.07, 6.45) is 5.50. The number of fused-ring (bicyclic) bond motifs is 1. The molecule has 0 aromatic heterocycles. The number of benzene rings is 2. The van der Waals surface area contributed by atoms with Crippen molar-refractivity contribution in [3.63, 3.8) is 0 Å². The summed E-state index contributed by atoms with van der Waals surface area (Å²) in [5, 5.41) is 2.40. The summed E-state index contributed by atoms with van der Waals surface area (Å²) >= 11 is 0. The van der Waals surface area contributed by atoms with Gasteiger partial charge in [-0.3, -0.25) is 0 Å². The van der Waals surface area contributed by atoms with Crippen molar-refractivity contribution in [3.8, 4) is 12.3 Å². The van der Waals surface area contributed by atoms with E-state index in [2.05, 4.69) is 50.1 Å². The molecule has 0 aliphatic carbocycles. The molecule has 0 spiro atoms. The van der Waals surface area contributed by atoms with E-state index in [1.54, 1.807) is 0 Å². The first-order chi connectivity index (χ1) is 6.72. The Hall–Kier alpha value is -1.74. The molecule has 0 saturated heterocycles. The molecule has 0 heterocycles. The van der Waals surface area contributed by atoms with Gasteiger partial charge in [-0.1, -0.05) is 41.8 Å². The van der Waals surface area contributed by atoms with Crippen molar-refractivity contribution in [2.24, 2.45) is 0 Å². The predicted octanol–water partition coefficient (Wildman–Crippen LogP) is 3.44. The van der Waals surface area contributed by atoms with E-state index < -0.39 is 0 Å². The molecule has 68 valence electrons. The highest BCUT2D eigenvalue weighted by atomic mass is 14.0. The molecule has 0 nitrogen and oxygen atoms in total. The molecular weight excluding hydrogens is 168 g/mol. The molecule has 0 amide bonds. The zero-order valence-electron chi connectivity index (χ0n) is 8.46. The Morgan fingerprint density at radius 2 is 1.86 bits per heavy atom. The standard InChI is InChI=1S/C14H12/c1-4-13-11(3)6-7-12-9-10(2)5-8-14(12)13/h1,5-9H,2-3H3. The normalized spacial score (nSPS) is 10.1. The smallest absolute Gasteiger partial charge is 0.0350 e. The highest BCUT2D eigenvalue weighted by Crippen LogP contribution is 2.22. The molecule has 0 unspecified atom stereocenters. The van der Waals surface area contributed by atoms with Crippen LogP contribution in [0.2, 0.25) is 0 Å². The summed E-state index contributed by atoms with van der Waals surface area (Å²) < 4.78 is 0. The van der Waals surface area contributed by atoms with Gasteiger partial charge in [0.2, 0.25) is 0 Å². The van der Waals surface area contributed by atoms with Crippen LogP contribution < -0.4 is 0 Å². The van der Waals surface area contributed by atoms with E-state index in [-0.39, 0.29) is 0 Å². The van der Waals surface area contributed by atoms with Gasteiger partial charge in [-0.05, 0) is 30.2 Å². The molecule has 0 aliphatic heterocycles. The number of rotatable bonds is 0. The molecule has 0 bridgehead atoms. The number of hydrogen-bond acceptors (Lipinski definition) is 0. The minimum atomic E-state index is 1.02. The molecule has 0 radical (unpaired) electrons. The van der Waals surface area contributed by atoms with E-state index in [1.807, 2.05) is 0 Å². The topological polar surface area (TPSA) is 0 Å². The molecule has 0 saturated carbocycles. The highest BCUT2D eigenvalue weighted by Gasteiger charge is 2.01. The van der Waals surface area contributed by atoms with Crippen LogP contribution >= 0.6 is 0 Å². The van der Waals surface area contributed by atoms with Crippen molar-refractivity contribution in [1.82, 2.24) is 0 Å². The van der Waals surface area contributed by atoms with Gasteiger partial charge in [0, 0.05) is 5.56 Å². The minimum absolute atomic E-state index is 1.02. The fourth-order valence-corrected chi connectivity index (χ4v) is 1.75. The second-order valence-electron chi connectivity index (χ2n) is 3.63. The van der Waals surface area contributed by atoms with E-state index in [0.29, 0.717) is 0 Å². The highest BCUT2D eigenvalue weighted by molar-refractivity contribution is 5.89. The zero-order valence-corrected chi connectivity index (χ0v) is 8.46. The maximum atomic E-state index is 5.50. The molecule has 0 aliphatic rings. The van der Waals surface area contributed by atoms with Gasteiger partial charge in [-0.25, -0.2) is 0 Å². The first kappa shape index (κ1) is 8.84. The summed E-state index contributed by atoms with van der Waals surface area (Å²) in [5.41, 5.74) is 3.45. The van der Waals surface area contributed by atoms with Crippen molar-refractivity contribution in [3.05, 3.63) is 47.0 Å². The average molecular weight is 180 g/mol. The third kappa shape index (κ3) is 1.28. The third-order valence-electron chi connectivity index (χ3n) is 2.53. The molecule has 0 heteroatoms. The lowest BCUT2D eigenvalue weighted by atomic mass is 9.99. The first-order valence-electron chi connectivity index (χ1n) is 4.69. The largest absolute Gasteiger partial charge is 0.115 e. The van der Waals surface area contributed by atoms with Crippen molar-refractivity contribution < 1.29 is 0 Å². The maximum absolute atomic E-state index is 5.50. The van der Waals surface area contributed by atoms with Crippen LogP contribution in [0.4, 0.5) is 0 Å². The third-order valence-corrected chi connectivity index (χ3v) is 2.53. The summed E-state index contributed by atoms with van der Waals surface area (Å²) in [5.74, 6) is 2.76. The second kappa shape index (κ2) is 3.20. The van der Waals surface area contributed by atoms with Crippen LogP contribution in [0, 0.1) is 26.2 Å². The quantitative estimate of drug-likeness (QED) is 0.545. The lowest BCUT2D eigenvalue weighted by Gasteiger charge is -2.05. The molecule has 0 fully saturated rings. The second-order valence-corrected chi connectivity index (χ2v) is 3.63. The molecule has 2 aromatic rings. The van der Waals surface area contributed by atoms with Crippen molar-refractivity contribution >= 4 is 10.8 Å². The Bertz CT molecular complexity index is 527. The maximum Gasteiger partial charge on any atom is 0.0350 e. The van der Waals surface area contributed by atoms with Crippen LogP contribution in [-0.4, -0.2) is 0 Å². The van der Waals surface area contributed by atoms with Gasteiger partial charge in [0.1, 0.15) is 0 Å². The lowest BCUT2D eigenvalue weighted by molar-refractivity contribution is 1.45. The van der Waals surface area contributed by atoms with Gasteiger partial charge >= 0.3 is 0 Å². The van der Waals surface area contributed by atoms with Crippen LogP contribution in [0.15, 0.2) is 30.3 Å². The monoisotopic (exact) mass is 180 g/mol. The number of hydrogen-bond donors (Lipinski definition) is 0. The van der Waals surface area contributed by atoms with Crippen LogP contribution in [0.3, 0.4) is 0 Å². The Kier molecular flexibility index (Phi) is 2.02. The Labute approximate surface area is 84.6 Å². The number of terminal acetylenes is 1. The molecule has 2 aromatic carbocycles. The van der Waals surface area contributed by atoms with Crippen LogP contribution in [0.5, 0.6) is 0 Å². The van der Waals surface area contributed by atoms with Gasteiger partial charge in [0.15, 0.2) is 0 Å². The van der Waals surface area contributed by atoms with E-state index >= 15 is 0 Å². The molecule has 2 rings (SSSR count). The Morgan fingerprint density at radius 3 is 2.57 bits per heavy atom. The van der Waals surface area contributed by atoms with Crippen LogP contribution in [-0.2, 0) is 0 Å². The molecule has 0 N–H and O–H groups in total. The van der Waals surface area contributed by atoms with Crippen LogP contribution in [0.1, 0.15) is 16.7 Å². The summed E-state index contributed by atoms with van der Waals surface area (Å²) in [6, 6.07) is 10.6. The van der Waals surface area contributed by atoms with E-state index in [1.165, 1.54) is 21.9 Å². The SMILES string of the molecule is C#Cc1c(C)ccc2cc(C)ccc12. The van der Waals surface area contributed by atoms with Crippen LogP contribution in [0.25, 0.3) is 10.8 Å². The van der Waals surface area contributed by atoms with Crippen molar-refractivity contribution in [2.45, 2.75) is 13.8 Å². The van der Waals surface area contributed by atoms with Gasteiger partial charge in [0.05, 0.1) is 0 Å². The lowest BCUT2D eigenvalue weighted by Crippen LogP contribution is -1.85. The molecular formula is C14H12. The average Bonchev–Trinajstić information content (AvgIpc) is 2.18. The predicted molar refractivity (Wildman–Crippen MR) is 61.4 cm³/mol. The molecule has 0 atom stereocenters. The Balaban J connectivity index is 2.90. The summed E-state index contributed by atoms with van der Waals surface area (Å²) in [6.45, 7) is 4.14. The van der Waals surface area contributed by atoms with Gasteiger partial charge in [-0.2, -0.15) is 0 Å². The number of aryl methyl sites for hydroxylation is 2. The Morgan fingerprint density at radius 1 is 1.07 bits per heavy atom. The van der Waals surface area contributed by atoms with E-state index in [9.17, 15) is 0 Å². The summed E-state index contributed by atoms with van der Waals surface area (Å²) in [4.78, 5) is 0. The summed E-state index contributed by atoms with van der Waals surface area (Å²) in [7, 11) is 0. The fraction of sp³-hybridized carbons (Fsp3) is 0.143. The van der Waals surface area contributed by atoms with E-state index in [0.717, 1.165) is 5.56 Å². The van der Waals surface area contributed by atoms with Gasteiger partial charge < -0.3 is 0 Å². The van der Waals surface area contributed by atoms with E-state index in [4.69, 9.17) is 6.42 Å².